The molecule has 0 aliphatic rings. The molecule has 6 heteroatoms. The number of aromatic hydroxyl groups is 1. The highest BCUT2D eigenvalue weighted by molar-refractivity contribution is 9.11. The molecule has 2 rings (SSSR count). The van der Waals surface area contributed by atoms with Crippen molar-refractivity contribution in [2.45, 2.75) is 6.54 Å². The van der Waals surface area contributed by atoms with Gasteiger partial charge in [0, 0.05) is 12.2 Å². The predicted octanol–water partition coefficient (Wildman–Crippen LogP) is 4.27. The normalized spacial score (nSPS) is 9.71. The molecular formula is C15H9Br2N3O. The van der Waals surface area contributed by atoms with Gasteiger partial charge in [-0.2, -0.15) is 10.5 Å². The number of halogens is 2. The van der Waals surface area contributed by atoms with Gasteiger partial charge in [0.2, 0.25) is 0 Å². The Morgan fingerprint density at radius 1 is 1.00 bits per heavy atom. The Hall–Kier alpha value is -2.02. The van der Waals surface area contributed by atoms with Crippen molar-refractivity contribution in [3.05, 3.63) is 56.0 Å². The van der Waals surface area contributed by atoms with E-state index in [1.165, 1.54) is 0 Å². The largest absolute Gasteiger partial charge is 0.506 e. The maximum Gasteiger partial charge on any atom is 0.143 e. The first kappa shape index (κ1) is 15.4. The van der Waals surface area contributed by atoms with Crippen LogP contribution >= 0.6 is 31.9 Å². The summed E-state index contributed by atoms with van der Waals surface area (Å²) < 4.78 is 1.21. The van der Waals surface area contributed by atoms with Crippen LogP contribution in [0.25, 0.3) is 0 Å². The number of nitrogens with one attached hydrogen (secondary N) is 1. The van der Waals surface area contributed by atoms with Crippen LogP contribution < -0.4 is 5.32 Å². The molecule has 0 aliphatic heterocycles. The number of nitriles is 2. The standard InChI is InChI=1S/C15H9Br2N3O/c16-13-3-9(4-14(17)15(13)21)8-20-12-2-1-10(6-18)11(5-12)7-19/h1-5,20-21H,8H2. The number of nitrogens with zero attached hydrogens (tertiary/aromatic N) is 2. The van der Waals surface area contributed by atoms with Crippen molar-refractivity contribution in [1.29, 1.82) is 10.5 Å². The molecule has 4 nitrogen and oxygen atoms in total. The van der Waals surface area contributed by atoms with Crippen molar-refractivity contribution in [2.24, 2.45) is 0 Å². The molecular weight excluding hydrogens is 398 g/mol. The van der Waals surface area contributed by atoms with Gasteiger partial charge in [-0.05, 0) is 67.8 Å². The molecule has 0 aliphatic carbocycles. The van der Waals surface area contributed by atoms with Crippen LogP contribution in [0.4, 0.5) is 5.69 Å². The Labute approximate surface area is 138 Å². The van der Waals surface area contributed by atoms with Gasteiger partial charge in [-0.15, -0.1) is 0 Å². The summed E-state index contributed by atoms with van der Waals surface area (Å²) in [6.45, 7) is 0.522. The van der Waals surface area contributed by atoms with Crippen molar-refractivity contribution in [3.8, 4) is 17.9 Å². The van der Waals surface area contributed by atoms with E-state index in [0.717, 1.165) is 11.3 Å². The smallest absolute Gasteiger partial charge is 0.143 e. The molecule has 21 heavy (non-hydrogen) atoms. The lowest BCUT2D eigenvalue weighted by Crippen LogP contribution is -2.00. The Kier molecular flexibility index (Phi) is 4.85. The number of phenolic OH excluding ortho intramolecular Hbond substituents is 1. The van der Waals surface area contributed by atoms with E-state index in [-0.39, 0.29) is 5.75 Å². The third-order valence-corrected chi connectivity index (χ3v) is 4.04. The van der Waals surface area contributed by atoms with Crippen LogP contribution in [0.5, 0.6) is 5.75 Å². The SMILES string of the molecule is N#Cc1ccc(NCc2cc(Br)c(O)c(Br)c2)cc1C#N. The van der Waals surface area contributed by atoms with Crippen LogP contribution in [0.1, 0.15) is 16.7 Å². The molecule has 0 spiro atoms. The highest BCUT2D eigenvalue weighted by atomic mass is 79.9. The van der Waals surface area contributed by atoms with E-state index in [9.17, 15) is 5.11 Å². The van der Waals surface area contributed by atoms with Crippen molar-refractivity contribution in [3.63, 3.8) is 0 Å². The van der Waals surface area contributed by atoms with Gasteiger partial charge in [0.05, 0.1) is 20.1 Å². The maximum absolute atomic E-state index is 9.66. The second kappa shape index (κ2) is 6.62. The molecule has 0 saturated carbocycles. The zero-order chi connectivity index (χ0) is 15.4. The van der Waals surface area contributed by atoms with E-state index < -0.39 is 0 Å². The number of benzene rings is 2. The first-order valence-electron chi connectivity index (χ1n) is 5.90. The van der Waals surface area contributed by atoms with Crippen LogP contribution in [0.2, 0.25) is 0 Å². The topological polar surface area (TPSA) is 79.8 Å². The summed E-state index contributed by atoms with van der Waals surface area (Å²) >= 11 is 6.56. The molecule has 0 bridgehead atoms. The number of anilines is 1. The summed E-state index contributed by atoms with van der Waals surface area (Å²) in [5, 5.41) is 30.7. The number of rotatable bonds is 3. The summed E-state index contributed by atoms with van der Waals surface area (Å²) in [5.74, 6) is 0.156. The van der Waals surface area contributed by atoms with Gasteiger partial charge in [0.25, 0.3) is 0 Å². The molecule has 0 fully saturated rings. The number of hydrogen-bond acceptors (Lipinski definition) is 4. The molecule has 0 heterocycles. The monoisotopic (exact) mass is 405 g/mol. The van der Waals surface area contributed by atoms with E-state index in [4.69, 9.17) is 10.5 Å². The van der Waals surface area contributed by atoms with Gasteiger partial charge in [0.1, 0.15) is 17.9 Å². The lowest BCUT2D eigenvalue weighted by Gasteiger charge is -2.09. The molecule has 104 valence electrons. The fraction of sp³-hybridized carbons (Fsp3) is 0.0667. The lowest BCUT2D eigenvalue weighted by atomic mass is 10.1. The van der Waals surface area contributed by atoms with Crippen molar-refractivity contribution in [2.75, 3.05) is 5.32 Å². The molecule has 0 radical (unpaired) electrons. The minimum Gasteiger partial charge on any atom is -0.506 e. The average Bonchev–Trinajstić information content (AvgIpc) is 2.50. The zero-order valence-electron chi connectivity index (χ0n) is 10.7. The lowest BCUT2D eigenvalue weighted by molar-refractivity contribution is 0.468. The van der Waals surface area contributed by atoms with Crippen LogP contribution in [0.15, 0.2) is 39.3 Å². The van der Waals surface area contributed by atoms with Crippen LogP contribution in [0.3, 0.4) is 0 Å². The second-order valence-corrected chi connectivity index (χ2v) is 5.95. The summed E-state index contributed by atoms with van der Waals surface area (Å²) in [5.41, 5.74) is 2.41. The predicted molar refractivity (Wildman–Crippen MR) is 86.7 cm³/mol. The van der Waals surface area contributed by atoms with Crippen molar-refractivity contribution in [1.82, 2.24) is 0 Å². The minimum atomic E-state index is 0.156. The highest BCUT2D eigenvalue weighted by Gasteiger charge is 2.07. The quantitative estimate of drug-likeness (QED) is 0.797. The summed E-state index contributed by atoms with van der Waals surface area (Å²) in [6, 6.07) is 12.6. The van der Waals surface area contributed by atoms with Gasteiger partial charge < -0.3 is 10.4 Å². The first-order chi connectivity index (χ1) is 10.0. The number of hydrogen-bond donors (Lipinski definition) is 2. The first-order valence-corrected chi connectivity index (χ1v) is 7.48. The Morgan fingerprint density at radius 2 is 1.62 bits per heavy atom. The van der Waals surface area contributed by atoms with Gasteiger partial charge in [-0.1, -0.05) is 0 Å². The van der Waals surface area contributed by atoms with Gasteiger partial charge in [-0.3, -0.25) is 0 Å². The van der Waals surface area contributed by atoms with Gasteiger partial charge >= 0.3 is 0 Å². The zero-order valence-corrected chi connectivity index (χ0v) is 13.9. The molecule has 0 unspecified atom stereocenters. The van der Waals surface area contributed by atoms with Gasteiger partial charge in [-0.25, -0.2) is 0 Å². The molecule has 0 saturated heterocycles. The minimum absolute atomic E-state index is 0.156. The fourth-order valence-electron chi connectivity index (χ4n) is 1.77. The van der Waals surface area contributed by atoms with Crippen molar-refractivity contribution < 1.29 is 5.11 Å². The van der Waals surface area contributed by atoms with E-state index in [1.54, 1.807) is 18.2 Å². The summed E-state index contributed by atoms with van der Waals surface area (Å²) in [4.78, 5) is 0. The number of phenols is 1. The second-order valence-electron chi connectivity index (χ2n) is 4.25. The third kappa shape index (κ3) is 3.55. The third-order valence-electron chi connectivity index (χ3n) is 2.83. The molecule has 0 amide bonds. The van der Waals surface area contributed by atoms with Gasteiger partial charge in [0.15, 0.2) is 0 Å². The van der Waals surface area contributed by atoms with E-state index >= 15 is 0 Å². The molecule has 2 aromatic carbocycles. The molecule has 0 aromatic heterocycles. The molecule has 2 aromatic rings. The van der Waals surface area contributed by atoms with Crippen LogP contribution in [-0.2, 0) is 6.54 Å². The Morgan fingerprint density at radius 3 is 2.19 bits per heavy atom. The summed E-state index contributed by atoms with van der Waals surface area (Å²) in [7, 11) is 0. The summed E-state index contributed by atoms with van der Waals surface area (Å²) in [6.07, 6.45) is 0. The van der Waals surface area contributed by atoms with Crippen LogP contribution in [-0.4, -0.2) is 5.11 Å². The Bertz CT molecular complexity index is 752. The van der Waals surface area contributed by atoms with E-state index in [0.29, 0.717) is 26.6 Å². The fourth-order valence-corrected chi connectivity index (χ4v) is 3.05. The Balaban J connectivity index is 2.18. The van der Waals surface area contributed by atoms with Crippen molar-refractivity contribution >= 4 is 37.5 Å². The maximum atomic E-state index is 9.66. The molecule has 2 N–H and O–H groups in total. The van der Waals surface area contributed by atoms with Crippen LogP contribution in [0, 0.1) is 22.7 Å². The highest BCUT2D eigenvalue weighted by Crippen LogP contribution is 2.33. The van der Waals surface area contributed by atoms with E-state index in [2.05, 4.69) is 37.2 Å². The van der Waals surface area contributed by atoms with E-state index in [1.807, 2.05) is 24.3 Å². The average molecular weight is 407 g/mol. The molecule has 0 atom stereocenters.